The molecule has 3 aliphatic rings. The van der Waals surface area contributed by atoms with Crippen LogP contribution in [0.2, 0.25) is 0 Å². The maximum atomic E-state index is 3.55. The summed E-state index contributed by atoms with van der Waals surface area (Å²) < 4.78 is 0. The zero-order valence-corrected chi connectivity index (χ0v) is 12.9. The number of hydrogen-bond acceptors (Lipinski definition) is 3. The van der Waals surface area contributed by atoms with Crippen molar-refractivity contribution in [2.24, 2.45) is 11.8 Å². The van der Waals surface area contributed by atoms with Crippen molar-refractivity contribution in [3.8, 4) is 0 Å². The van der Waals surface area contributed by atoms with E-state index in [-0.39, 0.29) is 0 Å². The molecular formula is C18H27N3. The topological polar surface area (TPSA) is 18.5 Å². The molecular weight excluding hydrogens is 258 g/mol. The smallest absolute Gasteiger partial charge is 0.0233 e. The number of benzene rings is 1. The van der Waals surface area contributed by atoms with Crippen LogP contribution in [0, 0.1) is 11.8 Å². The lowest BCUT2D eigenvalue weighted by Gasteiger charge is -2.37. The van der Waals surface area contributed by atoms with Gasteiger partial charge in [0.05, 0.1) is 0 Å². The van der Waals surface area contributed by atoms with Crippen LogP contribution in [0.5, 0.6) is 0 Å². The first kappa shape index (κ1) is 13.7. The van der Waals surface area contributed by atoms with Crippen LogP contribution in [0.15, 0.2) is 30.3 Å². The summed E-state index contributed by atoms with van der Waals surface area (Å²) in [5.41, 5.74) is 1.46. The first-order valence-electron chi connectivity index (χ1n) is 8.59. The Morgan fingerprint density at radius 1 is 0.952 bits per heavy atom. The number of likely N-dealkylation sites (tertiary alicyclic amines) is 2. The summed E-state index contributed by atoms with van der Waals surface area (Å²) in [4.78, 5) is 5.43. The highest BCUT2D eigenvalue weighted by atomic mass is 15.2. The quantitative estimate of drug-likeness (QED) is 0.913. The van der Waals surface area contributed by atoms with Gasteiger partial charge in [-0.25, -0.2) is 0 Å². The molecule has 3 saturated heterocycles. The Bertz CT molecular complexity index is 441. The van der Waals surface area contributed by atoms with E-state index in [2.05, 4.69) is 45.4 Å². The van der Waals surface area contributed by atoms with Crippen LogP contribution in [0.3, 0.4) is 0 Å². The molecule has 0 aliphatic carbocycles. The van der Waals surface area contributed by atoms with Crippen LogP contribution in [-0.2, 0) is 6.54 Å². The van der Waals surface area contributed by atoms with Gasteiger partial charge in [-0.3, -0.25) is 9.80 Å². The fourth-order valence-corrected chi connectivity index (χ4v) is 4.47. The van der Waals surface area contributed by atoms with Gasteiger partial charge in [-0.2, -0.15) is 0 Å². The lowest BCUT2D eigenvalue weighted by Crippen LogP contribution is -2.44. The zero-order valence-electron chi connectivity index (χ0n) is 12.9. The van der Waals surface area contributed by atoms with E-state index in [1.54, 1.807) is 0 Å². The molecule has 0 saturated carbocycles. The summed E-state index contributed by atoms with van der Waals surface area (Å²) in [6.07, 6.45) is 2.72. The van der Waals surface area contributed by atoms with Crippen molar-refractivity contribution in [3.05, 3.63) is 35.9 Å². The minimum absolute atomic E-state index is 0.850. The van der Waals surface area contributed by atoms with Gasteiger partial charge in [0.1, 0.15) is 0 Å². The molecule has 0 amide bonds. The number of piperidine rings is 1. The van der Waals surface area contributed by atoms with E-state index in [0.29, 0.717) is 0 Å². The molecule has 2 atom stereocenters. The second-order valence-corrected chi connectivity index (χ2v) is 7.13. The lowest BCUT2D eigenvalue weighted by molar-refractivity contribution is 0.117. The average Bonchev–Trinajstić information content (AvgIpc) is 3.10. The molecule has 3 fully saturated rings. The van der Waals surface area contributed by atoms with Gasteiger partial charge in [-0.15, -0.1) is 0 Å². The van der Waals surface area contributed by atoms with Gasteiger partial charge in [0.15, 0.2) is 0 Å². The largest absolute Gasteiger partial charge is 0.316 e. The molecule has 3 heteroatoms. The zero-order chi connectivity index (χ0) is 14.1. The first-order valence-corrected chi connectivity index (χ1v) is 8.59. The van der Waals surface area contributed by atoms with Crippen LogP contribution in [0.25, 0.3) is 0 Å². The Kier molecular flexibility index (Phi) is 3.97. The van der Waals surface area contributed by atoms with Gasteiger partial charge < -0.3 is 5.32 Å². The van der Waals surface area contributed by atoms with E-state index in [4.69, 9.17) is 0 Å². The summed E-state index contributed by atoms with van der Waals surface area (Å²) in [7, 11) is 0. The average molecular weight is 285 g/mol. The normalized spacial score (nSPS) is 31.6. The SMILES string of the molecule is c1ccc(CN2CCC(N3CC4CNCC4C3)CC2)cc1. The van der Waals surface area contributed by atoms with Gasteiger partial charge >= 0.3 is 0 Å². The molecule has 3 nitrogen and oxygen atoms in total. The maximum absolute atomic E-state index is 3.55. The molecule has 1 N–H and O–H groups in total. The van der Waals surface area contributed by atoms with Gasteiger partial charge in [0.25, 0.3) is 0 Å². The minimum Gasteiger partial charge on any atom is -0.316 e. The molecule has 0 aromatic heterocycles. The van der Waals surface area contributed by atoms with Gasteiger partial charge in [0.2, 0.25) is 0 Å². The Labute approximate surface area is 128 Å². The fourth-order valence-electron chi connectivity index (χ4n) is 4.47. The third-order valence-corrected chi connectivity index (χ3v) is 5.74. The molecule has 21 heavy (non-hydrogen) atoms. The number of nitrogens with zero attached hydrogens (tertiary/aromatic N) is 2. The van der Waals surface area contributed by atoms with E-state index in [1.807, 2.05) is 0 Å². The van der Waals surface area contributed by atoms with Crippen molar-refractivity contribution < 1.29 is 0 Å². The Morgan fingerprint density at radius 2 is 1.62 bits per heavy atom. The Morgan fingerprint density at radius 3 is 2.29 bits per heavy atom. The lowest BCUT2D eigenvalue weighted by atomic mass is 10.0. The molecule has 4 rings (SSSR count). The van der Waals surface area contributed by atoms with Crippen molar-refractivity contribution in [2.45, 2.75) is 25.4 Å². The van der Waals surface area contributed by atoms with Crippen LogP contribution >= 0.6 is 0 Å². The van der Waals surface area contributed by atoms with Crippen LogP contribution in [-0.4, -0.2) is 55.1 Å². The van der Waals surface area contributed by atoms with Crippen LogP contribution < -0.4 is 5.32 Å². The van der Waals surface area contributed by atoms with E-state index < -0.39 is 0 Å². The first-order chi connectivity index (χ1) is 10.4. The van der Waals surface area contributed by atoms with Crippen molar-refractivity contribution in [3.63, 3.8) is 0 Å². The third kappa shape index (κ3) is 3.01. The number of hydrogen-bond donors (Lipinski definition) is 1. The third-order valence-electron chi connectivity index (χ3n) is 5.74. The second-order valence-electron chi connectivity index (χ2n) is 7.13. The Hall–Kier alpha value is -0.900. The van der Waals surface area contributed by atoms with Crippen molar-refractivity contribution in [1.82, 2.24) is 15.1 Å². The van der Waals surface area contributed by atoms with E-state index in [9.17, 15) is 0 Å². The molecule has 3 heterocycles. The summed E-state index contributed by atoms with van der Waals surface area (Å²) in [5.74, 6) is 1.87. The van der Waals surface area contributed by atoms with E-state index >= 15 is 0 Å². The van der Waals surface area contributed by atoms with Crippen LogP contribution in [0.4, 0.5) is 0 Å². The van der Waals surface area contributed by atoms with Gasteiger partial charge in [-0.05, 0) is 56.4 Å². The molecule has 114 valence electrons. The highest BCUT2D eigenvalue weighted by molar-refractivity contribution is 5.14. The molecule has 0 spiro atoms. The van der Waals surface area contributed by atoms with Crippen molar-refractivity contribution in [1.29, 1.82) is 0 Å². The molecule has 3 aliphatic heterocycles. The maximum Gasteiger partial charge on any atom is 0.0233 e. The summed E-state index contributed by atoms with van der Waals surface area (Å²) in [5, 5.41) is 3.55. The van der Waals surface area contributed by atoms with Crippen LogP contribution in [0.1, 0.15) is 18.4 Å². The van der Waals surface area contributed by atoms with Crippen molar-refractivity contribution >= 4 is 0 Å². The van der Waals surface area contributed by atoms with Gasteiger partial charge in [-0.1, -0.05) is 30.3 Å². The second kappa shape index (κ2) is 6.07. The standard InChI is InChI=1S/C18H27N3/c1-2-4-15(5-3-1)12-20-8-6-18(7-9-20)21-13-16-10-19-11-17(16)14-21/h1-5,16-19H,6-14H2. The highest BCUT2D eigenvalue weighted by Gasteiger charge is 2.39. The molecule has 1 aromatic carbocycles. The number of nitrogens with one attached hydrogen (secondary N) is 1. The number of fused-ring (bicyclic) bond motifs is 1. The summed E-state index contributed by atoms with van der Waals surface area (Å²) in [6.45, 7) is 8.88. The minimum atomic E-state index is 0.850. The predicted octanol–water partition coefficient (Wildman–Crippen LogP) is 1.80. The summed E-state index contributed by atoms with van der Waals surface area (Å²) in [6, 6.07) is 11.8. The van der Waals surface area contributed by atoms with Gasteiger partial charge in [0, 0.05) is 25.7 Å². The molecule has 2 unspecified atom stereocenters. The fraction of sp³-hybridized carbons (Fsp3) is 0.667. The van der Waals surface area contributed by atoms with Crippen molar-refractivity contribution in [2.75, 3.05) is 39.3 Å². The molecule has 1 aromatic rings. The monoisotopic (exact) mass is 285 g/mol. The molecule has 0 radical (unpaired) electrons. The Balaban J connectivity index is 1.27. The van der Waals surface area contributed by atoms with E-state index in [1.165, 1.54) is 57.7 Å². The predicted molar refractivity (Wildman–Crippen MR) is 86.2 cm³/mol. The summed E-state index contributed by atoms with van der Waals surface area (Å²) >= 11 is 0. The van der Waals surface area contributed by atoms with E-state index in [0.717, 1.165) is 24.4 Å². The number of rotatable bonds is 3. The highest BCUT2D eigenvalue weighted by Crippen LogP contribution is 2.30. The molecule has 0 bridgehead atoms.